The number of halogens is 1. The number of nitrogens with zero attached hydrogens (tertiary/aromatic N) is 5. The van der Waals surface area contributed by atoms with Crippen molar-refractivity contribution in [3.8, 4) is 5.69 Å². The van der Waals surface area contributed by atoms with Crippen molar-refractivity contribution >= 4 is 28.5 Å². The van der Waals surface area contributed by atoms with Crippen LogP contribution in [0.2, 0.25) is 5.02 Å². The minimum Gasteiger partial charge on any atom is -0.377 e. The summed E-state index contributed by atoms with van der Waals surface area (Å²) < 4.78 is 8.56. The first kappa shape index (κ1) is 20.5. The molecule has 2 fully saturated rings. The average molecular weight is 443 g/mol. The van der Waals surface area contributed by atoms with Crippen molar-refractivity contribution in [2.24, 2.45) is 0 Å². The molecule has 0 saturated carbocycles. The number of aromatic nitrogens is 4. The normalized spacial score (nSPS) is 19.5. The Balaban J connectivity index is 1.41. The van der Waals surface area contributed by atoms with Crippen LogP contribution >= 0.6 is 11.6 Å². The molecule has 8 nitrogen and oxygen atoms in total. The van der Waals surface area contributed by atoms with Crippen LogP contribution in [0.1, 0.15) is 38.2 Å². The van der Waals surface area contributed by atoms with Gasteiger partial charge in [0, 0.05) is 17.0 Å². The van der Waals surface area contributed by atoms with Crippen LogP contribution in [0.5, 0.6) is 0 Å². The van der Waals surface area contributed by atoms with E-state index in [-0.39, 0.29) is 11.6 Å². The highest BCUT2D eigenvalue weighted by Crippen LogP contribution is 2.38. The van der Waals surface area contributed by atoms with E-state index in [1.165, 1.54) is 10.2 Å². The van der Waals surface area contributed by atoms with Crippen LogP contribution in [-0.4, -0.2) is 68.9 Å². The maximum Gasteiger partial charge on any atom is 0.342 e. The molecule has 0 unspecified atom stereocenters. The summed E-state index contributed by atoms with van der Waals surface area (Å²) in [4.78, 5) is 14.6. The molecule has 1 amide bonds. The van der Waals surface area contributed by atoms with Gasteiger partial charge in [0.2, 0.25) is 0 Å². The number of nitrogens with one attached hydrogen (secondary N) is 1. The summed E-state index contributed by atoms with van der Waals surface area (Å²) >= 11 is 6.70. The van der Waals surface area contributed by atoms with Crippen LogP contribution in [0.15, 0.2) is 30.7 Å². The highest BCUT2D eigenvalue weighted by Gasteiger charge is 2.41. The van der Waals surface area contributed by atoms with E-state index in [1.54, 1.807) is 18.6 Å². The number of amides is 1. The molecule has 0 aliphatic carbocycles. The summed E-state index contributed by atoms with van der Waals surface area (Å²) in [6, 6.07) is 3.89. The lowest BCUT2D eigenvalue weighted by molar-refractivity contribution is -0.136. The van der Waals surface area contributed by atoms with Crippen molar-refractivity contribution in [1.82, 2.24) is 29.8 Å². The molecule has 0 radical (unpaired) electrons. The second-order valence-electron chi connectivity index (χ2n) is 8.72. The lowest BCUT2D eigenvalue weighted by Gasteiger charge is -2.50. The predicted octanol–water partition coefficient (Wildman–Crippen LogP) is 3.42. The van der Waals surface area contributed by atoms with Crippen LogP contribution in [-0.2, 0) is 4.74 Å². The molecule has 2 aliphatic rings. The van der Waals surface area contributed by atoms with Gasteiger partial charge in [-0.3, -0.25) is 4.90 Å². The number of ether oxygens (including phenoxy) is 1. The van der Waals surface area contributed by atoms with E-state index in [9.17, 15) is 4.79 Å². The molecular weight excluding hydrogens is 416 g/mol. The fraction of sp³-hybridized carbons (Fsp3) is 0.500. The lowest BCUT2D eigenvalue weighted by Crippen LogP contribution is -2.61. The van der Waals surface area contributed by atoms with Crippen molar-refractivity contribution in [3.05, 3.63) is 41.3 Å². The van der Waals surface area contributed by atoms with E-state index >= 15 is 0 Å². The molecule has 1 aromatic carbocycles. The Morgan fingerprint density at radius 1 is 1.26 bits per heavy atom. The minimum absolute atomic E-state index is 0.196. The first-order valence-electron chi connectivity index (χ1n) is 10.8. The summed E-state index contributed by atoms with van der Waals surface area (Å²) in [7, 11) is 0. The third-order valence-corrected chi connectivity index (χ3v) is 6.89. The third kappa shape index (κ3) is 3.62. The second-order valence-corrected chi connectivity index (χ2v) is 9.13. The Kier molecular flexibility index (Phi) is 5.24. The van der Waals surface area contributed by atoms with Crippen LogP contribution in [0.25, 0.3) is 16.6 Å². The van der Waals surface area contributed by atoms with E-state index < -0.39 is 0 Å². The smallest absolute Gasteiger partial charge is 0.342 e. The van der Waals surface area contributed by atoms with Crippen LogP contribution in [0.3, 0.4) is 0 Å². The standard InChI is InChI=1S/C22H27ClN6O2/c1-3-24-21(30)28-12-17(11-25-28)29-20-9-18(19(23)8-16(20)10-26-29)15-4-6-27(7-5-15)22(2)13-31-14-22/h8-12,15H,3-7,13-14H2,1-2H3,(H,24,30). The molecule has 9 heteroatoms. The third-order valence-electron chi connectivity index (χ3n) is 6.56. The van der Waals surface area contributed by atoms with Gasteiger partial charge in [-0.05, 0) is 63.4 Å². The zero-order chi connectivity index (χ0) is 21.6. The molecule has 2 aliphatic heterocycles. The lowest BCUT2D eigenvalue weighted by atomic mass is 9.86. The number of piperidine rings is 1. The van der Waals surface area contributed by atoms with E-state index in [1.807, 2.05) is 17.7 Å². The second kappa shape index (κ2) is 7.93. The number of benzene rings is 1. The SMILES string of the molecule is CCNC(=O)n1cc(-n2ncc3cc(Cl)c(C4CCN(C5(C)COC5)CC4)cc32)cn1. The quantitative estimate of drug-likeness (QED) is 0.669. The van der Waals surface area contributed by atoms with Crippen molar-refractivity contribution in [2.75, 3.05) is 32.8 Å². The van der Waals surface area contributed by atoms with Crippen molar-refractivity contribution in [3.63, 3.8) is 0 Å². The van der Waals surface area contributed by atoms with Gasteiger partial charge in [-0.2, -0.15) is 14.9 Å². The number of likely N-dealkylation sites (tertiary alicyclic amines) is 1. The number of carbonyl (C=O) groups excluding carboxylic acids is 1. The van der Waals surface area contributed by atoms with Gasteiger partial charge in [-0.1, -0.05) is 11.6 Å². The molecule has 0 atom stereocenters. The van der Waals surface area contributed by atoms with Gasteiger partial charge in [0.25, 0.3) is 0 Å². The Labute approximate surface area is 186 Å². The zero-order valence-electron chi connectivity index (χ0n) is 17.8. The van der Waals surface area contributed by atoms with Gasteiger partial charge in [-0.25, -0.2) is 9.48 Å². The summed E-state index contributed by atoms with van der Waals surface area (Å²) in [6.45, 7) is 8.47. The summed E-state index contributed by atoms with van der Waals surface area (Å²) in [6.07, 6.45) is 7.28. The van der Waals surface area contributed by atoms with Gasteiger partial charge in [-0.15, -0.1) is 0 Å². The van der Waals surface area contributed by atoms with Crippen molar-refractivity contribution in [1.29, 1.82) is 0 Å². The zero-order valence-corrected chi connectivity index (χ0v) is 18.6. The van der Waals surface area contributed by atoms with Crippen LogP contribution in [0, 0.1) is 0 Å². The number of hydrogen-bond acceptors (Lipinski definition) is 5. The topological polar surface area (TPSA) is 77.2 Å². The van der Waals surface area contributed by atoms with E-state index in [2.05, 4.69) is 33.4 Å². The predicted molar refractivity (Wildman–Crippen MR) is 119 cm³/mol. The van der Waals surface area contributed by atoms with E-state index in [0.717, 1.165) is 60.8 Å². The maximum atomic E-state index is 12.0. The molecule has 4 heterocycles. The highest BCUT2D eigenvalue weighted by atomic mass is 35.5. The fourth-order valence-corrected chi connectivity index (χ4v) is 4.98. The molecule has 164 valence electrons. The maximum absolute atomic E-state index is 12.0. The van der Waals surface area contributed by atoms with Crippen LogP contribution < -0.4 is 5.32 Å². The van der Waals surface area contributed by atoms with Crippen molar-refractivity contribution < 1.29 is 9.53 Å². The molecule has 2 saturated heterocycles. The largest absolute Gasteiger partial charge is 0.377 e. The monoisotopic (exact) mass is 442 g/mol. The Morgan fingerprint density at radius 2 is 2.03 bits per heavy atom. The molecule has 2 aromatic heterocycles. The van der Waals surface area contributed by atoms with Gasteiger partial charge in [0.15, 0.2) is 0 Å². The molecule has 1 N–H and O–H groups in total. The minimum atomic E-state index is -0.258. The first-order chi connectivity index (χ1) is 15.0. The Hall–Kier alpha value is -2.42. The van der Waals surface area contributed by atoms with Crippen LogP contribution in [0.4, 0.5) is 4.79 Å². The fourth-order valence-electron chi connectivity index (χ4n) is 4.66. The first-order valence-corrected chi connectivity index (χ1v) is 11.2. The summed E-state index contributed by atoms with van der Waals surface area (Å²) in [5.41, 5.74) is 3.07. The van der Waals surface area contributed by atoms with Gasteiger partial charge >= 0.3 is 6.03 Å². The van der Waals surface area contributed by atoms with Crippen molar-refractivity contribution in [2.45, 2.75) is 38.1 Å². The Bertz CT molecular complexity index is 1110. The van der Waals surface area contributed by atoms with Gasteiger partial charge < -0.3 is 10.1 Å². The Morgan fingerprint density at radius 3 is 2.71 bits per heavy atom. The van der Waals surface area contributed by atoms with Gasteiger partial charge in [0.1, 0.15) is 5.69 Å². The molecule has 0 spiro atoms. The molecule has 3 aromatic rings. The van der Waals surface area contributed by atoms with E-state index in [4.69, 9.17) is 16.3 Å². The summed E-state index contributed by atoms with van der Waals surface area (Å²) in [5, 5.41) is 13.2. The number of rotatable bonds is 4. The number of fused-ring (bicyclic) bond motifs is 1. The molecule has 31 heavy (non-hydrogen) atoms. The average Bonchev–Trinajstić information content (AvgIpc) is 3.38. The van der Waals surface area contributed by atoms with E-state index in [0.29, 0.717) is 12.5 Å². The number of hydrogen-bond donors (Lipinski definition) is 1. The molecular formula is C22H27ClN6O2. The number of carbonyl (C=O) groups is 1. The molecule has 5 rings (SSSR count). The molecule has 0 bridgehead atoms. The summed E-state index contributed by atoms with van der Waals surface area (Å²) in [5.74, 6) is 0.416. The highest BCUT2D eigenvalue weighted by molar-refractivity contribution is 6.32. The van der Waals surface area contributed by atoms with Gasteiger partial charge in [0.05, 0.1) is 42.9 Å².